The molecule has 0 aliphatic carbocycles. The number of esters is 1. The lowest BCUT2D eigenvalue weighted by Crippen LogP contribution is -2.62. The minimum Gasteiger partial charge on any atom is -0.472 e. The van der Waals surface area contributed by atoms with Crippen molar-refractivity contribution in [1.82, 2.24) is 4.90 Å². The van der Waals surface area contributed by atoms with Crippen molar-refractivity contribution in [1.29, 1.82) is 0 Å². The number of ether oxygens (including phenoxy) is 7. The molecule has 52 heavy (non-hydrogen) atoms. The molecule has 14 nitrogen and oxygen atoms in total. The fourth-order valence-electron chi connectivity index (χ4n) is 7.89. The molecule has 304 valence electrons. The van der Waals surface area contributed by atoms with E-state index in [9.17, 15) is 25.2 Å². The Morgan fingerprint density at radius 3 is 2.21 bits per heavy atom. The van der Waals surface area contributed by atoms with E-state index in [0.717, 1.165) is 0 Å². The standard InChI is InChI=1S/C38H70N2O12/c1-15-20(3)47-35(45)24(7)31(50-28-18-37(10,46-14)32(44)26(9)49-28)23(6)33(51-36-30(43)27(40(12)13)16-21(4)48-36)38(11)17-19(2)39-34(52-38)22(5)29(42)25(8)41/h19-33,36,41-44H,15-18H2,1-14H3/t19?,20-,21?,22?,23?,24?,25?,26?,27?,28?,29?,30?,31?,32?,33?,36?,37?,38?/m0/s1. The van der Waals surface area contributed by atoms with Crippen LogP contribution in [0.5, 0.6) is 0 Å². The van der Waals surface area contributed by atoms with Crippen LogP contribution in [0, 0.1) is 17.8 Å². The Bertz CT molecular complexity index is 1170. The molecule has 17 unspecified atom stereocenters. The highest BCUT2D eigenvalue weighted by atomic mass is 16.7. The second-order valence-corrected chi connectivity index (χ2v) is 16.4. The van der Waals surface area contributed by atoms with E-state index in [1.807, 2.05) is 60.5 Å². The van der Waals surface area contributed by atoms with Crippen LogP contribution in [0.3, 0.4) is 0 Å². The normalized spacial score (nSPS) is 38.9. The van der Waals surface area contributed by atoms with Gasteiger partial charge in [0, 0.05) is 31.9 Å². The number of aliphatic hydroxyl groups is 4. The van der Waals surface area contributed by atoms with Crippen molar-refractivity contribution >= 4 is 11.9 Å². The third-order valence-corrected chi connectivity index (χ3v) is 11.5. The van der Waals surface area contributed by atoms with E-state index in [1.165, 1.54) is 14.0 Å². The molecule has 3 aliphatic rings. The summed E-state index contributed by atoms with van der Waals surface area (Å²) in [6.45, 7) is 20.0. The Morgan fingerprint density at radius 2 is 1.65 bits per heavy atom. The Hall–Kier alpha value is -1.46. The smallest absolute Gasteiger partial charge is 0.311 e. The molecule has 0 aromatic rings. The van der Waals surface area contributed by atoms with E-state index >= 15 is 0 Å². The van der Waals surface area contributed by atoms with Gasteiger partial charge >= 0.3 is 5.97 Å². The Kier molecular flexibility index (Phi) is 15.9. The van der Waals surface area contributed by atoms with E-state index in [4.69, 9.17) is 38.2 Å². The summed E-state index contributed by atoms with van der Waals surface area (Å²) in [5.41, 5.74) is -2.14. The topological polar surface area (TPSA) is 178 Å². The number of nitrogens with zero attached hydrogens (tertiary/aromatic N) is 2. The maximum atomic E-state index is 13.8. The van der Waals surface area contributed by atoms with Crippen molar-refractivity contribution < 1.29 is 58.4 Å². The van der Waals surface area contributed by atoms with Crippen LogP contribution in [0.4, 0.5) is 0 Å². The van der Waals surface area contributed by atoms with Gasteiger partial charge in [0.25, 0.3) is 0 Å². The molecule has 2 saturated heterocycles. The molecule has 3 aliphatic heterocycles. The average molecular weight is 747 g/mol. The lowest BCUT2D eigenvalue weighted by Gasteiger charge is -2.50. The summed E-state index contributed by atoms with van der Waals surface area (Å²) in [7, 11) is 5.33. The first kappa shape index (κ1) is 44.9. The number of rotatable bonds is 16. The van der Waals surface area contributed by atoms with E-state index in [-0.39, 0.29) is 36.6 Å². The molecule has 14 heteroatoms. The van der Waals surface area contributed by atoms with Crippen molar-refractivity contribution in [3.8, 4) is 0 Å². The molecule has 0 aromatic carbocycles. The van der Waals surface area contributed by atoms with Crippen LogP contribution in [-0.4, -0.2) is 149 Å². The predicted molar refractivity (Wildman–Crippen MR) is 195 cm³/mol. The highest BCUT2D eigenvalue weighted by Crippen LogP contribution is 2.42. The van der Waals surface area contributed by atoms with Crippen molar-refractivity contribution in [2.45, 2.75) is 193 Å². The van der Waals surface area contributed by atoms with Gasteiger partial charge in [-0.15, -0.1) is 0 Å². The summed E-state index contributed by atoms with van der Waals surface area (Å²) in [4.78, 5) is 20.5. The lowest BCUT2D eigenvalue weighted by molar-refractivity contribution is -0.317. The number of carbonyl (C=O) groups excluding carboxylic acids is 1. The number of aliphatic hydroxyl groups excluding tert-OH is 4. The minimum atomic E-state index is -1.15. The van der Waals surface area contributed by atoms with E-state index in [0.29, 0.717) is 19.3 Å². The zero-order valence-electron chi connectivity index (χ0n) is 34.0. The van der Waals surface area contributed by atoms with Gasteiger partial charge in [0.15, 0.2) is 18.5 Å². The van der Waals surface area contributed by atoms with Gasteiger partial charge in [0.2, 0.25) is 0 Å². The van der Waals surface area contributed by atoms with Crippen LogP contribution in [0.25, 0.3) is 0 Å². The Balaban J connectivity index is 2.14. The molecule has 0 saturated carbocycles. The van der Waals surface area contributed by atoms with Crippen LogP contribution in [-0.2, 0) is 38.0 Å². The van der Waals surface area contributed by atoms with Crippen LogP contribution >= 0.6 is 0 Å². The molecule has 0 radical (unpaired) electrons. The summed E-state index contributed by atoms with van der Waals surface area (Å²) in [6.07, 6.45) is -7.25. The monoisotopic (exact) mass is 746 g/mol. The average Bonchev–Trinajstić information content (AvgIpc) is 3.07. The Morgan fingerprint density at radius 1 is 1.02 bits per heavy atom. The highest BCUT2D eigenvalue weighted by Gasteiger charge is 2.54. The quantitative estimate of drug-likeness (QED) is 0.170. The van der Waals surface area contributed by atoms with Crippen LogP contribution < -0.4 is 0 Å². The maximum absolute atomic E-state index is 13.8. The highest BCUT2D eigenvalue weighted by molar-refractivity contribution is 5.80. The number of likely N-dealkylation sites (N-methyl/N-ethyl adjacent to an activating group) is 1. The van der Waals surface area contributed by atoms with Gasteiger partial charge in [-0.2, -0.15) is 0 Å². The maximum Gasteiger partial charge on any atom is 0.311 e. The second kappa shape index (κ2) is 18.4. The molecule has 3 rings (SSSR count). The first-order valence-electron chi connectivity index (χ1n) is 19.1. The van der Waals surface area contributed by atoms with Gasteiger partial charge in [0.05, 0.1) is 60.1 Å². The summed E-state index contributed by atoms with van der Waals surface area (Å²) < 4.78 is 44.5. The zero-order valence-corrected chi connectivity index (χ0v) is 34.0. The number of hydrogen-bond donors (Lipinski definition) is 4. The number of aliphatic imine (C=N–C) groups is 1. The third-order valence-electron chi connectivity index (χ3n) is 11.5. The number of carbonyl (C=O) groups is 1. The first-order chi connectivity index (χ1) is 24.1. The van der Waals surface area contributed by atoms with Crippen LogP contribution in [0.15, 0.2) is 4.99 Å². The van der Waals surface area contributed by atoms with Gasteiger partial charge in [-0.3, -0.25) is 9.79 Å². The molecule has 18 atom stereocenters. The van der Waals surface area contributed by atoms with Crippen molar-refractivity contribution in [3.63, 3.8) is 0 Å². The minimum absolute atomic E-state index is 0.180. The molecule has 0 aromatic heterocycles. The van der Waals surface area contributed by atoms with Gasteiger partial charge in [-0.25, -0.2) is 0 Å². The molecule has 0 amide bonds. The number of hydrogen-bond acceptors (Lipinski definition) is 14. The number of methoxy groups -OCH3 is 1. The summed E-state index contributed by atoms with van der Waals surface area (Å²) in [6, 6.07) is -0.534. The summed E-state index contributed by atoms with van der Waals surface area (Å²) >= 11 is 0. The van der Waals surface area contributed by atoms with E-state index in [2.05, 4.69) is 0 Å². The zero-order chi connectivity index (χ0) is 39.5. The van der Waals surface area contributed by atoms with E-state index < -0.39 is 90.2 Å². The molecule has 4 N–H and O–H groups in total. The van der Waals surface area contributed by atoms with Crippen molar-refractivity contribution in [2.75, 3.05) is 21.2 Å². The molecule has 0 bridgehead atoms. The van der Waals surface area contributed by atoms with Crippen molar-refractivity contribution in [2.24, 2.45) is 22.7 Å². The lowest BCUT2D eigenvalue weighted by atomic mass is 9.78. The van der Waals surface area contributed by atoms with E-state index in [1.54, 1.807) is 27.7 Å². The van der Waals surface area contributed by atoms with Gasteiger partial charge < -0.3 is 58.5 Å². The van der Waals surface area contributed by atoms with Gasteiger partial charge in [0.1, 0.15) is 23.9 Å². The van der Waals surface area contributed by atoms with Crippen LogP contribution in [0.1, 0.15) is 102 Å². The second-order valence-electron chi connectivity index (χ2n) is 16.4. The predicted octanol–water partition coefficient (Wildman–Crippen LogP) is 3.04. The first-order valence-corrected chi connectivity index (χ1v) is 19.1. The fraction of sp³-hybridized carbons (Fsp3) is 0.947. The molecular formula is C38H70N2O12. The van der Waals surface area contributed by atoms with Gasteiger partial charge in [-0.05, 0) is 82.3 Å². The SMILES string of the molecule is CC[C@H](C)OC(=O)C(C)C(OC1CC(C)(OC)C(O)C(C)O1)C(C)C(OC1OC(C)CC(N(C)C)C1O)C1(C)CC(C)N=C(C(C)C(O)C(C)O)O1. The van der Waals surface area contributed by atoms with Gasteiger partial charge in [-0.1, -0.05) is 20.8 Å². The molecule has 2 fully saturated rings. The largest absolute Gasteiger partial charge is 0.472 e. The Labute approximate surface area is 311 Å². The summed E-state index contributed by atoms with van der Waals surface area (Å²) in [5, 5.41) is 43.6. The summed E-state index contributed by atoms with van der Waals surface area (Å²) in [5.74, 6) is -2.32. The molecule has 3 heterocycles. The van der Waals surface area contributed by atoms with Crippen LogP contribution in [0.2, 0.25) is 0 Å². The van der Waals surface area contributed by atoms with Crippen molar-refractivity contribution in [3.05, 3.63) is 0 Å². The molecular weight excluding hydrogens is 676 g/mol. The molecule has 0 spiro atoms. The third kappa shape index (κ3) is 10.4. The fourth-order valence-corrected chi connectivity index (χ4v) is 7.89.